The van der Waals surface area contributed by atoms with Gasteiger partial charge in [-0.15, -0.1) is 0 Å². The number of sulfonamides is 1. The monoisotopic (exact) mass is 418 g/mol. The van der Waals surface area contributed by atoms with E-state index in [1.165, 1.54) is 28.6 Å². The zero-order chi connectivity index (χ0) is 21.2. The number of benzene rings is 2. The number of aryl methyl sites for hydroxylation is 1. The van der Waals surface area contributed by atoms with Gasteiger partial charge in [0, 0.05) is 18.3 Å². The predicted octanol–water partition coefficient (Wildman–Crippen LogP) is 2.02. The van der Waals surface area contributed by atoms with Gasteiger partial charge in [0.15, 0.2) is 0 Å². The first-order valence-corrected chi connectivity index (χ1v) is 10.3. The maximum absolute atomic E-state index is 12.2. The van der Waals surface area contributed by atoms with Gasteiger partial charge in [-0.3, -0.25) is 24.0 Å². The van der Waals surface area contributed by atoms with Gasteiger partial charge >= 0.3 is 11.8 Å². The van der Waals surface area contributed by atoms with Crippen molar-refractivity contribution < 1.29 is 22.9 Å². The lowest BCUT2D eigenvalue weighted by atomic mass is 10.2. The number of carbonyl (C=O) groups is 2. The molecule has 3 rings (SSSR count). The fraction of sp³-hybridized carbons (Fsp3) is 0.222. The quantitative estimate of drug-likeness (QED) is 0.442. The van der Waals surface area contributed by atoms with Crippen molar-refractivity contribution in [1.29, 1.82) is 0 Å². The number of rotatable bonds is 4. The van der Waals surface area contributed by atoms with Crippen LogP contribution in [0.1, 0.15) is 12.0 Å². The van der Waals surface area contributed by atoms with Crippen LogP contribution in [0.5, 0.6) is 0 Å². The van der Waals surface area contributed by atoms with Crippen LogP contribution in [0.25, 0.3) is 0 Å². The number of amides is 2. The number of hydrogen-bond donors (Lipinski definition) is 2. The second-order valence-electron chi connectivity index (χ2n) is 6.48. The molecule has 1 aliphatic rings. The van der Waals surface area contributed by atoms with Gasteiger partial charge in [-0.1, -0.05) is 12.1 Å². The highest BCUT2D eigenvalue weighted by atomic mass is 32.2. The van der Waals surface area contributed by atoms with Crippen LogP contribution in [0.4, 0.5) is 22.7 Å². The van der Waals surface area contributed by atoms with E-state index in [4.69, 9.17) is 0 Å². The van der Waals surface area contributed by atoms with E-state index in [-0.39, 0.29) is 22.8 Å². The summed E-state index contributed by atoms with van der Waals surface area (Å²) in [6, 6.07) is 10.3. The van der Waals surface area contributed by atoms with Gasteiger partial charge in [0.1, 0.15) is 5.69 Å². The summed E-state index contributed by atoms with van der Waals surface area (Å²) in [7, 11) is -3.38. The molecule has 1 fully saturated rings. The highest BCUT2D eigenvalue weighted by molar-refractivity contribution is 7.93. The lowest BCUT2D eigenvalue weighted by Crippen LogP contribution is -2.29. The average Bonchev–Trinajstić information content (AvgIpc) is 3.02. The molecule has 2 amide bonds. The van der Waals surface area contributed by atoms with Crippen LogP contribution in [0.3, 0.4) is 0 Å². The minimum atomic E-state index is -3.38. The lowest BCUT2D eigenvalue weighted by Gasteiger charge is -2.17. The third-order valence-corrected chi connectivity index (χ3v) is 6.17. The molecule has 1 aliphatic heterocycles. The van der Waals surface area contributed by atoms with E-state index in [2.05, 4.69) is 10.6 Å². The maximum Gasteiger partial charge on any atom is 0.314 e. The zero-order valence-corrected chi connectivity index (χ0v) is 16.2. The number of hydrogen-bond acceptors (Lipinski definition) is 6. The van der Waals surface area contributed by atoms with Gasteiger partial charge in [-0.2, -0.15) is 0 Å². The largest absolute Gasteiger partial charge is 0.318 e. The Hall–Kier alpha value is -3.47. The van der Waals surface area contributed by atoms with Crippen LogP contribution in [0.2, 0.25) is 0 Å². The second kappa shape index (κ2) is 7.87. The van der Waals surface area contributed by atoms with Gasteiger partial charge in [0.2, 0.25) is 10.0 Å². The number of nitrogens with zero attached hydrogens (tertiary/aromatic N) is 2. The molecule has 1 saturated heterocycles. The van der Waals surface area contributed by atoms with Crippen molar-refractivity contribution in [3.05, 3.63) is 58.1 Å². The summed E-state index contributed by atoms with van der Waals surface area (Å²) in [6.07, 6.45) is 0.511. The summed E-state index contributed by atoms with van der Waals surface area (Å²) >= 11 is 0. The number of nitrogens with one attached hydrogen (secondary N) is 2. The third kappa shape index (κ3) is 4.51. The highest BCUT2D eigenvalue weighted by Crippen LogP contribution is 2.27. The fourth-order valence-corrected chi connectivity index (χ4v) is 4.49. The molecule has 152 valence electrons. The molecule has 1 heterocycles. The fourth-order valence-electron chi connectivity index (χ4n) is 2.93. The molecule has 0 aliphatic carbocycles. The van der Waals surface area contributed by atoms with Gasteiger partial charge in [0.25, 0.3) is 5.69 Å². The van der Waals surface area contributed by atoms with Crippen molar-refractivity contribution in [2.45, 2.75) is 13.3 Å². The Balaban J connectivity index is 1.73. The molecule has 0 unspecified atom stereocenters. The highest BCUT2D eigenvalue weighted by Gasteiger charge is 2.28. The van der Waals surface area contributed by atoms with E-state index < -0.39 is 26.8 Å². The van der Waals surface area contributed by atoms with Crippen molar-refractivity contribution in [3.63, 3.8) is 0 Å². The zero-order valence-electron chi connectivity index (χ0n) is 15.4. The number of nitro groups is 1. The molecule has 0 saturated carbocycles. The van der Waals surface area contributed by atoms with Crippen molar-refractivity contribution in [2.75, 3.05) is 27.2 Å². The van der Waals surface area contributed by atoms with Crippen LogP contribution >= 0.6 is 0 Å². The smallest absolute Gasteiger partial charge is 0.314 e. The Morgan fingerprint density at radius 2 is 1.83 bits per heavy atom. The number of carbonyl (C=O) groups excluding carboxylic acids is 2. The van der Waals surface area contributed by atoms with E-state index in [1.54, 1.807) is 25.1 Å². The van der Waals surface area contributed by atoms with Crippen LogP contribution in [-0.2, 0) is 19.6 Å². The molecule has 11 heteroatoms. The van der Waals surface area contributed by atoms with Gasteiger partial charge in [-0.25, -0.2) is 8.42 Å². The average molecular weight is 418 g/mol. The summed E-state index contributed by atoms with van der Waals surface area (Å²) in [6.45, 7) is 2.01. The van der Waals surface area contributed by atoms with Crippen LogP contribution in [-0.4, -0.2) is 37.5 Å². The van der Waals surface area contributed by atoms with Crippen LogP contribution in [0, 0.1) is 17.0 Å². The van der Waals surface area contributed by atoms with Crippen molar-refractivity contribution in [1.82, 2.24) is 0 Å². The number of nitro benzene ring substituents is 1. The Bertz CT molecular complexity index is 1100. The summed E-state index contributed by atoms with van der Waals surface area (Å²) in [4.78, 5) is 34.8. The first-order valence-electron chi connectivity index (χ1n) is 8.65. The molecule has 0 spiro atoms. The van der Waals surface area contributed by atoms with E-state index in [0.717, 1.165) is 0 Å². The van der Waals surface area contributed by atoms with Crippen molar-refractivity contribution >= 4 is 44.6 Å². The minimum Gasteiger partial charge on any atom is -0.318 e. The summed E-state index contributed by atoms with van der Waals surface area (Å²) in [5, 5.41) is 15.7. The number of anilines is 3. The normalized spacial score (nSPS) is 15.0. The van der Waals surface area contributed by atoms with E-state index >= 15 is 0 Å². The molecule has 2 aromatic rings. The molecule has 0 aromatic heterocycles. The van der Waals surface area contributed by atoms with Gasteiger partial charge in [-0.05, 0) is 43.2 Å². The lowest BCUT2D eigenvalue weighted by molar-refractivity contribution is -0.384. The van der Waals surface area contributed by atoms with Gasteiger partial charge in [0.05, 0.1) is 16.4 Å². The maximum atomic E-state index is 12.2. The molecule has 0 radical (unpaired) electrons. The minimum absolute atomic E-state index is 0.0569. The third-order valence-electron chi connectivity index (χ3n) is 4.30. The predicted molar refractivity (Wildman–Crippen MR) is 107 cm³/mol. The van der Waals surface area contributed by atoms with Crippen molar-refractivity contribution in [3.8, 4) is 0 Å². The summed E-state index contributed by atoms with van der Waals surface area (Å²) < 4.78 is 25.3. The molecule has 29 heavy (non-hydrogen) atoms. The first-order chi connectivity index (χ1) is 13.7. The molecular formula is C18H18N4O6S. The molecule has 2 N–H and O–H groups in total. The SMILES string of the molecule is Cc1ccc(NC(=O)C(=O)Nc2cccc(N3CCCS3(=O)=O)c2)c([N+](=O)[O-])c1. The topological polar surface area (TPSA) is 139 Å². The standard InChI is InChI=1S/C18H18N4O6S/c1-12-6-7-15(16(10-12)22(25)26)20-18(24)17(23)19-13-4-2-5-14(11-13)21-8-3-9-29(21,27)28/h2,4-7,10-11H,3,8-9H2,1H3,(H,19,23)(H,20,24). The van der Waals surface area contributed by atoms with E-state index in [9.17, 15) is 28.1 Å². The molecule has 2 aromatic carbocycles. The second-order valence-corrected chi connectivity index (χ2v) is 8.49. The summed E-state index contributed by atoms with van der Waals surface area (Å²) in [5.41, 5.74) is 0.816. The molecular weight excluding hydrogens is 400 g/mol. The van der Waals surface area contributed by atoms with E-state index in [1.807, 2.05) is 0 Å². The summed E-state index contributed by atoms with van der Waals surface area (Å²) in [5.74, 6) is -2.07. The van der Waals surface area contributed by atoms with E-state index in [0.29, 0.717) is 24.2 Å². The Morgan fingerprint density at radius 1 is 1.10 bits per heavy atom. The molecule has 0 bridgehead atoms. The molecule has 10 nitrogen and oxygen atoms in total. The van der Waals surface area contributed by atoms with Crippen LogP contribution in [0.15, 0.2) is 42.5 Å². The Morgan fingerprint density at radius 3 is 2.48 bits per heavy atom. The van der Waals surface area contributed by atoms with Gasteiger partial charge < -0.3 is 10.6 Å². The van der Waals surface area contributed by atoms with Crippen molar-refractivity contribution in [2.24, 2.45) is 0 Å². The Kier molecular flexibility index (Phi) is 5.50. The molecule has 0 atom stereocenters. The first kappa shape index (κ1) is 20.3. The Labute approximate surface area is 166 Å². The van der Waals surface area contributed by atoms with Crippen LogP contribution < -0.4 is 14.9 Å².